The quantitative estimate of drug-likeness (QED) is 0.0608. The van der Waals surface area contributed by atoms with Crippen molar-refractivity contribution in [1.82, 2.24) is 9.97 Å². The van der Waals surface area contributed by atoms with Gasteiger partial charge in [-0.05, 0) is 82.2 Å². The Balaban J connectivity index is 0.000000242. The molecule has 2 aromatic heterocycles. The molecular formula is C54H68IrN2O2Si-2. The number of fused-ring (bicyclic) bond motifs is 2. The fourth-order valence-corrected chi connectivity index (χ4v) is 8.58. The van der Waals surface area contributed by atoms with Crippen LogP contribution in [0.4, 0.5) is 0 Å². The predicted octanol–water partition coefficient (Wildman–Crippen LogP) is 14.6. The second kappa shape index (κ2) is 22.0. The average Bonchev–Trinajstić information content (AvgIpc) is 3.19. The maximum absolute atomic E-state index is 12.0. The van der Waals surface area contributed by atoms with E-state index in [1.807, 2.05) is 47.0 Å². The Morgan fingerprint density at radius 1 is 0.717 bits per heavy atom. The van der Waals surface area contributed by atoms with Crippen LogP contribution in [0.25, 0.3) is 44.1 Å². The van der Waals surface area contributed by atoms with Gasteiger partial charge in [0.2, 0.25) is 0 Å². The normalized spacial score (nSPS) is 11.8. The third kappa shape index (κ3) is 12.9. The Kier molecular flexibility index (Phi) is 18.4. The molecule has 0 aliphatic heterocycles. The molecule has 0 aliphatic carbocycles. The van der Waals surface area contributed by atoms with E-state index in [4.69, 9.17) is 0 Å². The largest absolute Gasteiger partial charge is 0.512 e. The van der Waals surface area contributed by atoms with Gasteiger partial charge in [-0.25, -0.2) is 0 Å². The molecule has 0 saturated carbocycles. The van der Waals surface area contributed by atoms with Crippen molar-refractivity contribution in [2.45, 2.75) is 127 Å². The van der Waals surface area contributed by atoms with E-state index in [0.717, 1.165) is 59.3 Å². The van der Waals surface area contributed by atoms with Gasteiger partial charge in [0, 0.05) is 49.9 Å². The smallest absolute Gasteiger partial charge is 0.164 e. The number of benzene rings is 4. The Morgan fingerprint density at radius 2 is 1.18 bits per heavy atom. The molecule has 6 heteroatoms. The van der Waals surface area contributed by atoms with Crippen LogP contribution in [0.1, 0.15) is 108 Å². The molecule has 0 aliphatic rings. The minimum Gasteiger partial charge on any atom is -0.512 e. The average molecular weight is 997 g/mol. The topological polar surface area (TPSA) is 63.1 Å². The number of hydrogen-bond donors (Lipinski definition) is 1. The van der Waals surface area contributed by atoms with E-state index in [-0.39, 0.29) is 43.0 Å². The molecular weight excluding hydrogens is 929 g/mol. The molecule has 60 heavy (non-hydrogen) atoms. The van der Waals surface area contributed by atoms with E-state index in [1.165, 1.54) is 49.5 Å². The summed E-state index contributed by atoms with van der Waals surface area (Å²) in [5.41, 5.74) is 10.1. The summed E-state index contributed by atoms with van der Waals surface area (Å²) in [5.74, 6) is 0.978. The van der Waals surface area contributed by atoms with Crippen LogP contribution < -0.4 is 5.19 Å². The summed E-state index contributed by atoms with van der Waals surface area (Å²) in [4.78, 5) is 21.3. The molecule has 0 bridgehead atoms. The molecule has 0 saturated heterocycles. The number of ketones is 1. The summed E-state index contributed by atoms with van der Waals surface area (Å²) in [6.07, 6.45) is 8.64. The SMILES string of the molecule is CCC(CC)/C(O)=C/C(=O)C(C)(CC)CC.Cc1[c-]c(-c2nccc3cc(C(C)C)ccc23)cc(C)c1.Cc1[c-]c(-c2nccc3cc([Si](C)(C)C)ccc23)cc(C)c1.[Ir]. The number of allylic oxidation sites excluding steroid dienone is 2. The monoisotopic (exact) mass is 997 g/mol. The van der Waals surface area contributed by atoms with Crippen molar-refractivity contribution in [1.29, 1.82) is 0 Å². The van der Waals surface area contributed by atoms with Crippen LogP contribution in [-0.4, -0.2) is 28.9 Å². The zero-order chi connectivity index (χ0) is 43.7. The molecule has 0 amide bonds. The van der Waals surface area contributed by atoms with Crippen molar-refractivity contribution in [2.75, 3.05) is 0 Å². The molecule has 0 fully saturated rings. The summed E-state index contributed by atoms with van der Waals surface area (Å²) in [6, 6.07) is 33.2. The number of aliphatic hydroxyl groups is 1. The molecule has 1 N–H and O–H groups in total. The Morgan fingerprint density at radius 3 is 1.60 bits per heavy atom. The molecule has 0 spiro atoms. The summed E-state index contributed by atoms with van der Waals surface area (Å²) in [5, 5.41) is 16.3. The second-order valence-electron chi connectivity index (χ2n) is 17.9. The standard InChI is InChI=1S/C20H22NSi.C20H20N.C14H26O2.Ir/c1-14-10-15(2)12-17(11-14)20-19-7-6-18(22(3,4)5)13-16(19)8-9-21-20;1-13(2)16-5-6-19-17(12-16)7-8-21-20(19)18-10-14(3)9-15(4)11-18;1-6-11(7-2)12(15)10-13(16)14(5,8-3)9-4;/h6-11,13H,1-5H3;5-10,12-13H,1-4H3;10-11,15H,6-9H2,1-5H3;/q2*-1;;/b;;12-10-;. The fraction of sp³-hybridized carbons (Fsp3) is 0.389. The minimum atomic E-state index is -1.29. The van der Waals surface area contributed by atoms with Gasteiger partial charge in [0.1, 0.15) is 0 Å². The summed E-state index contributed by atoms with van der Waals surface area (Å²) in [6.45, 7) is 30.1. The van der Waals surface area contributed by atoms with Crippen LogP contribution in [-0.2, 0) is 24.9 Å². The number of nitrogens with zero attached hydrogens (tertiary/aromatic N) is 2. The molecule has 2 heterocycles. The van der Waals surface area contributed by atoms with Crippen LogP contribution in [0.15, 0.2) is 97.0 Å². The minimum absolute atomic E-state index is 0. The van der Waals surface area contributed by atoms with E-state index >= 15 is 0 Å². The molecule has 6 aromatic rings. The molecule has 4 nitrogen and oxygen atoms in total. The van der Waals surface area contributed by atoms with Gasteiger partial charge in [-0.15, -0.1) is 69.8 Å². The Bertz CT molecular complexity index is 2360. The molecule has 0 unspecified atom stereocenters. The van der Waals surface area contributed by atoms with E-state index in [2.05, 4.69) is 156 Å². The van der Waals surface area contributed by atoms with E-state index in [0.29, 0.717) is 5.92 Å². The predicted molar refractivity (Wildman–Crippen MR) is 257 cm³/mol. The Hall–Kier alpha value is -4.22. The first-order valence-corrected chi connectivity index (χ1v) is 25.1. The first-order chi connectivity index (χ1) is 27.8. The van der Waals surface area contributed by atoms with Gasteiger partial charge in [-0.2, -0.15) is 0 Å². The van der Waals surface area contributed by atoms with Crippen molar-refractivity contribution < 1.29 is 30.0 Å². The number of rotatable bonds is 11. The molecule has 6 rings (SSSR count). The summed E-state index contributed by atoms with van der Waals surface area (Å²) in [7, 11) is -1.29. The number of hydrogen-bond acceptors (Lipinski definition) is 4. The molecule has 1 radical (unpaired) electrons. The van der Waals surface area contributed by atoms with E-state index in [9.17, 15) is 9.90 Å². The molecule has 4 aromatic carbocycles. The third-order valence-corrected chi connectivity index (χ3v) is 13.8. The number of pyridine rings is 2. The zero-order valence-electron chi connectivity index (χ0n) is 38.7. The van der Waals surface area contributed by atoms with Gasteiger partial charge >= 0.3 is 0 Å². The zero-order valence-corrected chi connectivity index (χ0v) is 42.1. The van der Waals surface area contributed by atoms with Crippen molar-refractivity contribution in [3.8, 4) is 22.5 Å². The van der Waals surface area contributed by atoms with Gasteiger partial charge < -0.3 is 15.1 Å². The van der Waals surface area contributed by atoms with Crippen LogP contribution >= 0.6 is 0 Å². The number of carbonyl (C=O) groups excluding carboxylic acids is 1. The van der Waals surface area contributed by atoms with Gasteiger partial charge in [0.05, 0.1) is 13.8 Å². The maximum Gasteiger partial charge on any atom is 0.164 e. The Labute approximate surface area is 376 Å². The van der Waals surface area contributed by atoms with Crippen LogP contribution in [0.2, 0.25) is 19.6 Å². The number of aromatic nitrogens is 2. The van der Waals surface area contributed by atoms with Gasteiger partial charge in [-0.3, -0.25) is 4.79 Å². The first kappa shape index (κ1) is 50.1. The molecule has 321 valence electrons. The second-order valence-corrected chi connectivity index (χ2v) is 22.9. The van der Waals surface area contributed by atoms with Gasteiger partial charge in [-0.1, -0.05) is 137 Å². The van der Waals surface area contributed by atoms with Crippen molar-refractivity contribution >= 4 is 40.6 Å². The first-order valence-electron chi connectivity index (χ1n) is 21.6. The number of aryl methyl sites for hydroxylation is 4. The van der Waals surface area contributed by atoms with Crippen molar-refractivity contribution in [2.24, 2.45) is 11.3 Å². The van der Waals surface area contributed by atoms with Crippen molar-refractivity contribution in [3.63, 3.8) is 0 Å². The van der Waals surface area contributed by atoms with Crippen LogP contribution in [0.3, 0.4) is 0 Å². The van der Waals surface area contributed by atoms with Gasteiger partial charge in [0.15, 0.2) is 5.78 Å². The number of aliphatic hydroxyl groups excluding tert-OH is 1. The van der Waals surface area contributed by atoms with Gasteiger partial charge in [0.25, 0.3) is 0 Å². The third-order valence-electron chi connectivity index (χ3n) is 11.7. The molecule has 0 atom stereocenters. The van der Waals surface area contributed by atoms with Crippen LogP contribution in [0, 0.1) is 51.2 Å². The van der Waals surface area contributed by atoms with E-state index < -0.39 is 8.07 Å². The van der Waals surface area contributed by atoms with Crippen LogP contribution in [0.5, 0.6) is 0 Å². The fourth-order valence-electron chi connectivity index (χ4n) is 7.41. The summed E-state index contributed by atoms with van der Waals surface area (Å²) >= 11 is 0. The van der Waals surface area contributed by atoms with Crippen molar-refractivity contribution in [3.05, 3.63) is 137 Å². The maximum atomic E-state index is 12.0. The summed E-state index contributed by atoms with van der Waals surface area (Å²) < 4.78 is 0. The number of carbonyl (C=O) groups is 1. The van der Waals surface area contributed by atoms with E-state index in [1.54, 1.807) is 0 Å².